The fourth-order valence-electron chi connectivity index (χ4n) is 3.50. The van der Waals surface area contributed by atoms with Crippen LogP contribution in [0.4, 0.5) is 5.69 Å². The van der Waals surface area contributed by atoms with Crippen molar-refractivity contribution in [1.82, 2.24) is 15.6 Å². The highest BCUT2D eigenvalue weighted by Gasteiger charge is 2.31. The number of H-pyrrole nitrogens is 1. The Bertz CT molecular complexity index is 1290. The molecular formula is C24H25N5O7. The van der Waals surface area contributed by atoms with Crippen molar-refractivity contribution in [2.75, 3.05) is 0 Å². The van der Waals surface area contributed by atoms with E-state index in [4.69, 9.17) is 10.5 Å². The Morgan fingerprint density at radius 2 is 1.78 bits per heavy atom. The predicted octanol–water partition coefficient (Wildman–Crippen LogP) is 1.75. The lowest BCUT2D eigenvalue weighted by atomic mass is 10.0. The highest BCUT2D eigenvalue weighted by atomic mass is 16.6. The Morgan fingerprint density at radius 1 is 1.08 bits per heavy atom. The number of non-ortho nitro benzene ring substituents is 1. The third-order valence-electron chi connectivity index (χ3n) is 5.36. The van der Waals surface area contributed by atoms with Crippen LogP contribution in [-0.4, -0.2) is 39.6 Å². The molecule has 1 heterocycles. The number of carbonyl (C=O) groups is 4. The molecule has 0 saturated carbocycles. The van der Waals surface area contributed by atoms with Gasteiger partial charge in [-0.25, -0.2) is 4.79 Å². The number of esters is 1. The normalized spacial score (nSPS) is 12.4. The van der Waals surface area contributed by atoms with Crippen molar-refractivity contribution < 1.29 is 28.8 Å². The third kappa shape index (κ3) is 6.44. The number of nitro groups is 1. The van der Waals surface area contributed by atoms with Gasteiger partial charge >= 0.3 is 5.97 Å². The summed E-state index contributed by atoms with van der Waals surface area (Å²) in [5, 5.41) is 16.6. The molecule has 0 aliphatic rings. The van der Waals surface area contributed by atoms with E-state index >= 15 is 0 Å². The van der Waals surface area contributed by atoms with E-state index in [9.17, 15) is 29.3 Å². The van der Waals surface area contributed by atoms with Crippen molar-refractivity contribution in [3.05, 3.63) is 76.0 Å². The second-order valence-electron chi connectivity index (χ2n) is 7.91. The maximum absolute atomic E-state index is 13.2. The van der Waals surface area contributed by atoms with Crippen molar-refractivity contribution in [3.63, 3.8) is 0 Å². The van der Waals surface area contributed by atoms with E-state index in [1.807, 2.05) is 6.07 Å². The summed E-state index contributed by atoms with van der Waals surface area (Å²) in [6.45, 7) is 1.38. The second-order valence-corrected chi connectivity index (χ2v) is 7.91. The van der Waals surface area contributed by atoms with Gasteiger partial charge in [0.15, 0.2) is 0 Å². The second kappa shape index (κ2) is 11.6. The highest BCUT2D eigenvalue weighted by Crippen LogP contribution is 2.25. The first-order chi connectivity index (χ1) is 17.2. The molecule has 2 aromatic carbocycles. The number of aromatic amines is 1. The highest BCUT2D eigenvalue weighted by molar-refractivity contribution is 5.96. The summed E-state index contributed by atoms with van der Waals surface area (Å²) in [6.07, 6.45) is 1.17. The van der Waals surface area contributed by atoms with Crippen molar-refractivity contribution in [2.24, 2.45) is 5.73 Å². The molecule has 188 valence electrons. The van der Waals surface area contributed by atoms with Crippen molar-refractivity contribution in [3.8, 4) is 0 Å². The number of para-hydroxylation sites is 1. The monoisotopic (exact) mass is 495 g/mol. The zero-order chi connectivity index (χ0) is 26.2. The number of nitrogens with zero attached hydrogens (tertiary/aromatic N) is 1. The molecule has 5 N–H and O–H groups in total. The van der Waals surface area contributed by atoms with Crippen molar-refractivity contribution >= 4 is 40.3 Å². The van der Waals surface area contributed by atoms with E-state index in [0.717, 1.165) is 5.52 Å². The number of aromatic nitrogens is 1. The first-order valence-electron chi connectivity index (χ1n) is 11.0. The quantitative estimate of drug-likeness (QED) is 0.177. The van der Waals surface area contributed by atoms with Crippen LogP contribution < -0.4 is 16.4 Å². The number of hydrogen-bond donors (Lipinski definition) is 4. The number of benzene rings is 2. The Kier molecular flexibility index (Phi) is 8.34. The minimum Gasteiger partial charge on any atom is -0.459 e. The summed E-state index contributed by atoms with van der Waals surface area (Å²) in [4.78, 5) is 63.0. The number of ether oxygens (including phenoxy) is 1. The number of nitrogens with two attached hydrogens (primary N) is 1. The van der Waals surface area contributed by atoms with E-state index in [2.05, 4.69) is 15.6 Å². The molecule has 12 heteroatoms. The number of fused-ring (bicyclic) bond motifs is 1. The van der Waals surface area contributed by atoms with Gasteiger partial charge in [0.25, 0.3) is 5.69 Å². The zero-order valence-corrected chi connectivity index (χ0v) is 19.4. The average Bonchev–Trinajstić information content (AvgIpc) is 3.29. The number of primary amides is 1. The minimum atomic E-state index is -1.42. The van der Waals surface area contributed by atoms with Crippen LogP contribution in [0, 0.1) is 10.1 Å². The summed E-state index contributed by atoms with van der Waals surface area (Å²) in [6, 6.07) is 9.95. The SMILES string of the molecule is CCC(=O)NC(C(=O)N[C@@H](CC(N)=O)C(=O)OCc1ccc([N+](=O)[O-])cc1)c1c[nH]c2ccccc12. The van der Waals surface area contributed by atoms with E-state index in [-0.39, 0.29) is 18.7 Å². The third-order valence-corrected chi connectivity index (χ3v) is 5.36. The Morgan fingerprint density at radius 3 is 2.42 bits per heavy atom. The first-order valence-corrected chi connectivity index (χ1v) is 11.0. The fraction of sp³-hybridized carbons (Fsp3) is 0.250. The first kappa shape index (κ1) is 25.9. The fourth-order valence-corrected chi connectivity index (χ4v) is 3.50. The molecule has 1 unspecified atom stereocenters. The molecule has 0 spiro atoms. The van der Waals surface area contributed by atoms with E-state index in [1.165, 1.54) is 24.3 Å². The molecule has 1 aromatic heterocycles. The molecule has 36 heavy (non-hydrogen) atoms. The largest absolute Gasteiger partial charge is 0.459 e. The molecule has 2 atom stereocenters. The minimum absolute atomic E-state index is 0.119. The standard InChI is InChI=1S/C24H25N5O7/c1-2-21(31)28-22(17-12-26-18-6-4-3-5-16(17)18)23(32)27-19(11-20(25)30)24(33)36-13-14-7-9-15(10-8-14)29(34)35/h3-10,12,19,22,26H,2,11,13H2,1H3,(H2,25,30)(H,27,32)(H,28,31)/t19-,22?/m0/s1. The number of rotatable bonds is 11. The van der Waals surface area contributed by atoms with Gasteiger partial charge in [-0.2, -0.15) is 0 Å². The van der Waals surface area contributed by atoms with Crippen LogP contribution in [0.1, 0.15) is 36.9 Å². The van der Waals surface area contributed by atoms with Crippen LogP contribution in [0.5, 0.6) is 0 Å². The molecule has 0 aliphatic carbocycles. The molecule has 0 fully saturated rings. The smallest absolute Gasteiger partial charge is 0.329 e. The summed E-state index contributed by atoms with van der Waals surface area (Å²) in [5.74, 6) is -2.92. The van der Waals surface area contributed by atoms with Gasteiger partial charge < -0.3 is 26.1 Å². The number of hydrogen-bond acceptors (Lipinski definition) is 7. The van der Waals surface area contributed by atoms with Gasteiger partial charge in [-0.1, -0.05) is 25.1 Å². The molecule has 3 amide bonds. The molecular weight excluding hydrogens is 470 g/mol. The van der Waals surface area contributed by atoms with Crippen LogP contribution in [-0.2, 0) is 30.5 Å². The van der Waals surface area contributed by atoms with Gasteiger partial charge in [-0.05, 0) is 23.8 Å². The maximum atomic E-state index is 13.2. The summed E-state index contributed by atoms with van der Waals surface area (Å²) < 4.78 is 5.21. The van der Waals surface area contributed by atoms with Gasteiger partial charge in [0.05, 0.1) is 11.3 Å². The van der Waals surface area contributed by atoms with Gasteiger partial charge in [-0.15, -0.1) is 0 Å². The number of carbonyl (C=O) groups excluding carboxylic acids is 4. The number of nitrogens with one attached hydrogen (secondary N) is 3. The van der Waals surface area contributed by atoms with E-state index < -0.39 is 47.1 Å². The van der Waals surface area contributed by atoms with Crippen LogP contribution in [0.2, 0.25) is 0 Å². The molecule has 12 nitrogen and oxygen atoms in total. The van der Waals surface area contributed by atoms with Gasteiger partial charge in [0, 0.05) is 41.2 Å². The zero-order valence-electron chi connectivity index (χ0n) is 19.4. The molecule has 0 radical (unpaired) electrons. The summed E-state index contributed by atoms with van der Waals surface area (Å²) in [5.41, 5.74) is 6.83. The van der Waals surface area contributed by atoms with Crippen LogP contribution in [0.25, 0.3) is 10.9 Å². The molecule has 0 saturated heterocycles. The van der Waals surface area contributed by atoms with Crippen LogP contribution in [0.3, 0.4) is 0 Å². The lowest BCUT2D eigenvalue weighted by molar-refractivity contribution is -0.384. The molecule has 0 bridgehead atoms. The topological polar surface area (TPSA) is 187 Å². The van der Waals surface area contributed by atoms with Crippen molar-refractivity contribution in [2.45, 2.75) is 38.5 Å². The number of amides is 3. The van der Waals surface area contributed by atoms with E-state index in [0.29, 0.717) is 16.5 Å². The Labute approximate surface area is 205 Å². The van der Waals surface area contributed by atoms with Gasteiger partial charge in [0.2, 0.25) is 17.7 Å². The molecule has 0 aliphatic heterocycles. The van der Waals surface area contributed by atoms with Crippen molar-refractivity contribution in [1.29, 1.82) is 0 Å². The van der Waals surface area contributed by atoms with Gasteiger partial charge in [-0.3, -0.25) is 24.5 Å². The van der Waals surface area contributed by atoms with Crippen LogP contribution >= 0.6 is 0 Å². The Balaban J connectivity index is 1.78. The summed E-state index contributed by atoms with van der Waals surface area (Å²) in [7, 11) is 0. The maximum Gasteiger partial charge on any atom is 0.329 e. The lowest BCUT2D eigenvalue weighted by Gasteiger charge is -2.22. The predicted molar refractivity (Wildman–Crippen MR) is 128 cm³/mol. The average molecular weight is 495 g/mol. The molecule has 3 rings (SSSR count). The van der Waals surface area contributed by atoms with Gasteiger partial charge in [0.1, 0.15) is 18.7 Å². The number of nitro benzene ring substituents is 1. The lowest BCUT2D eigenvalue weighted by Crippen LogP contribution is -2.49. The Hall–Kier alpha value is -4.74. The van der Waals surface area contributed by atoms with Crippen LogP contribution in [0.15, 0.2) is 54.7 Å². The molecule has 3 aromatic rings. The summed E-state index contributed by atoms with van der Waals surface area (Å²) >= 11 is 0. The van der Waals surface area contributed by atoms with E-state index in [1.54, 1.807) is 31.3 Å².